The lowest BCUT2D eigenvalue weighted by atomic mass is 10.1. The smallest absolute Gasteiger partial charge is 0.225 e. The number of fused-ring (bicyclic) bond motifs is 1. The molecule has 0 aliphatic heterocycles. The number of thiol groups is 1. The van der Waals surface area contributed by atoms with Gasteiger partial charge in [-0.1, -0.05) is 29.8 Å². The van der Waals surface area contributed by atoms with E-state index in [2.05, 4.69) is 22.9 Å². The molecule has 3 nitrogen and oxygen atoms in total. The van der Waals surface area contributed by atoms with E-state index in [1.807, 2.05) is 42.5 Å². The molecule has 0 fully saturated rings. The van der Waals surface area contributed by atoms with Crippen LogP contribution in [0.2, 0.25) is 5.02 Å². The Morgan fingerprint density at radius 2 is 2.09 bits per heavy atom. The molecule has 0 bridgehead atoms. The number of nitrogens with zero attached hydrogens (tertiary/aromatic N) is 1. The molecule has 0 unspecified atom stereocenters. The minimum Gasteiger partial charge on any atom is -0.326 e. The average molecular weight is 363 g/mol. The number of benzene rings is 2. The van der Waals surface area contributed by atoms with E-state index < -0.39 is 0 Å². The fourth-order valence-electron chi connectivity index (χ4n) is 2.30. The maximum atomic E-state index is 11.7. The van der Waals surface area contributed by atoms with Crippen molar-refractivity contribution in [1.29, 1.82) is 0 Å². The second kappa shape index (κ2) is 7.34. The molecule has 1 N–H and O–H groups in total. The Morgan fingerprint density at radius 3 is 2.87 bits per heavy atom. The van der Waals surface area contributed by atoms with Gasteiger partial charge in [-0.25, -0.2) is 4.98 Å². The van der Waals surface area contributed by atoms with E-state index in [4.69, 9.17) is 11.6 Å². The van der Waals surface area contributed by atoms with Crippen LogP contribution in [0.4, 0.5) is 5.69 Å². The fraction of sp³-hybridized carbons (Fsp3) is 0.176. The molecule has 23 heavy (non-hydrogen) atoms. The molecule has 6 heteroatoms. The summed E-state index contributed by atoms with van der Waals surface area (Å²) in [5.74, 6) is 0.516. The number of hydrogen-bond acceptors (Lipinski definition) is 4. The molecular weight excluding hydrogens is 348 g/mol. The Hall–Kier alpha value is -1.56. The normalized spacial score (nSPS) is 10.9. The van der Waals surface area contributed by atoms with Gasteiger partial charge in [0.05, 0.1) is 20.2 Å². The van der Waals surface area contributed by atoms with Gasteiger partial charge >= 0.3 is 0 Å². The van der Waals surface area contributed by atoms with E-state index in [1.54, 1.807) is 11.3 Å². The zero-order valence-corrected chi connectivity index (χ0v) is 14.7. The molecule has 1 aromatic heterocycles. The predicted molar refractivity (Wildman–Crippen MR) is 101 cm³/mol. The van der Waals surface area contributed by atoms with Crippen LogP contribution in [0.25, 0.3) is 10.2 Å². The van der Waals surface area contributed by atoms with Gasteiger partial charge in [-0.15, -0.1) is 11.3 Å². The largest absolute Gasteiger partial charge is 0.326 e. The number of amides is 1. The SMILES string of the molecule is O=C(CCS)Nc1cccc(Cc2nc3cccc(Cl)c3s2)c1. The summed E-state index contributed by atoms with van der Waals surface area (Å²) in [6, 6.07) is 13.6. The van der Waals surface area contributed by atoms with Crippen LogP contribution in [0.15, 0.2) is 42.5 Å². The summed E-state index contributed by atoms with van der Waals surface area (Å²) in [6.07, 6.45) is 1.12. The summed E-state index contributed by atoms with van der Waals surface area (Å²) in [5, 5.41) is 4.62. The molecule has 0 spiro atoms. The third kappa shape index (κ3) is 4.05. The first kappa shape index (κ1) is 16.3. The zero-order chi connectivity index (χ0) is 16.2. The summed E-state index contributed by atoms with van der Waals surface area (Å²) < 4.78 is 1.02. The van der Waals surface area contributed by atoms with Crippen molar-refractivity contribution in [3.63, 3.8) is 0 Å². The van der Waals surface area contributed by atoms with Gasteiger partial charge in [0.1, 0.15) is 0 Å². The molecular formula is C17H15ClN2OS2. The number of hydrogen-bond donors (Lipinski definition) is 2. The topological polar surface area (TPSA) is 42.0 Å². The second-order valence-electron chi connectivity index (χ2n) is 5.09. The van der Waals surface area contributed by atoms with Crippen molar-refractivity contribution in [2.24, 2.45) is 0 Å². The number of nitrogens with one attached hydrogen (secondary N) is 1. The minimum atomic E-state index is -0.0241. The van der Waals surface area contributed by atoms with Gasteiger partial charge in [-0.3, -0.25) is 4.79 Å². The van der Waals surface area contributed by atoms with Gasteiger partial charge in [-0.05, 0) is 35.6 Å². The fourth-order valence-corrected chi connectivity index (χ4v) is 3.79. The number of anilines is 1. The lowest BCUT2D eigenvalue weighted by molar-refractivity contribution is -0.115. The Balaban J connectivity index is 1.79. The summed E-state index contributed by atoms with van der Waals surface area (Å²) in [5.41, 5.74) is 2.83. The first-order valence-corrected chi connectivity index (χ1v) is 9.02. The summed E-state index contributed by atoms with van der Waals surface area (Å²) >= 11 is 11.9. The number of carbonyl (C=O) groups excluding carboxylic acids is 1. The highest BCUT2D eigenvalue weighted by atomic mass is 35.5. The number of rotatable bonds is 5. The van der Waals surface area contributed by atoms with Crippen molar-refractivity contribution in [2.45, 2.75) is 12.8 Å². The third-order valence-corrected chi connectivity index (χ3v) is 5.07. The average Bonchev–Trinajstić information content (AvgIpc) is 2.92. The zero-order valence-electron chi connectivity index (χ0n) is 12.3. The van der Waals surface area contributed by atoms with Crippen molar-refractivity contribution in [2.75, 3.05) is 11.1 Å². The first-order valence-electron chi connectivity index (χ1n) is 7.19. The number of thiazole rings is 1. The molecule has 0 aliphatic carbocycles. The van der Waals surface area contributed by atoms with Crippen molar-refractivity contribution < 1.29 is 4.79 Å². The monoisotopic (exact) mass is 362 g/mol. The van der Waals surface area contributed by atoms with Gasteiger partial charge in [0, 0.05) is 18.5 Å². The highest BCUT2D eigenvalue weighted by molar-refractivity contribution is 7.80. The maximum absolute atomic E-state index is 11.7. The highest BCUT2D eigenvalue weighted by Gasteiger charge is 2.08. The molecule has 3 rings (SSSR count). The number of halogens is 1. The van der Waals surface area contributed by atoms with Gasteiger partial charge < -0.3 is 5.32 Å². The Morgan fingerprint density at radius 1 is 1.26 bits per heavy atom. The molecule has 2 aromatic carbocycles. The Kier molecular flexibility index (Phi) is 5.20. The third-order valence-electron chi connectivity index (χ3n) is 3.32. The lowest BCUT2D eigenvalue weighted by Gasteiger charge is -2.06. The molecule has 0 saturated carbocycles. The van der Waals surface area contributed by atoms with E-state index in [0.29, 0.717) is 18.6 Å². The van der Waals surface area contributed by atoms with Gasteiger partial charge in [0.25, 0.3) is 0 Å². The molecule has 1 amide bonds. The van der Waals surface area contributed by atoms with E-state index in [0.717, 1.165) is 31.5 Å². The van der Waals surface area contributed by atoms with E-state index in [9.17, 15) is 4.79 Å². The lowest BCUT2D eigenvalue weighted by Crippen LogP contribution is -2.11. The molecule has 0 atom stereocenters. The van der Waals surface area contributed by atoms with E-state index in [1.165, 1.54) is 0 Å². The van der Waals surface area contributed by atoms with Gasteiger partial charge in [-0.2, -0.15) is 12.6 Å². The first-order chi connectivity index (χ1) is 11.2. The quantitative estimate of drug-likeness (QED) is 0.640. The van der Waals surface area contributed by atoms with Crippen LogP contribution in [0.5, 0.6) is 0 Å². The summed E-state index contributed by atoms with van der Waals surface area (Å²) in [4.78, 5) is 16.3. The predicted octanol–water partition coefficient (Wildman–Crippen LogP) is 4.80. The van der Waals surface area contributed by atoms with Gasteiger partial charge in [0.2, 0.25) is 5.91 Å². The molecule has 3 aromatic rings. The van der Waals surface area contributed by atoms with Crippen molar-refractivity contribution in [3.05, 3.63) is 58.1 Å². The van der Waals surface area contributed by atoms with Crippen LogP contribution < -0.4 is 5.32 Å². The molecule has 0 saturated heterocycles. The van der Waals surface area contributed by atoms with Gasteiger partial charge in [0.15, 0.2) is 0 Å². The second-order valence-corrected chi connectivity index (χ2v) is 7.03. The standard InChI is InChI=1S/C17H15ClN2OS2/c18-13-5-2-6-14-17(13)23-16(20-14)10-11-3-1-4-12(9-11)19-15(21)7-8-22/h1-6,9,22H,7-8,10H2,(H,19,21). The van der Waals surface area contributed by atoms with Crippen molar-refractivity contribution in [1.82, 2.24) is 4.98 Å². The van der Waals surface area contributed by atoms with Crippen LogP contribution in [-0.4, -0.2) is 16.6 Å². The minimum absolute atomic E-state index is 0.0241. The van der Waals surface area contributed by atoms with Crippen LogP contribution in [0, 0.1) is 0 Å². The molecule has 0 aliphatic rings. The number of aromatic nitrogens is 1. The van der Waals surface area contributed by atoms with Crippen LogP contribution in [0.3, 0.4) is 0 Å². The van der Waals surface area contributed by atoms with Crippen molar-refractivity contribution >= 4 is 57.4 Å². The summed E-state index contributed by atoms with van der Waals surface area (Å²) in [6.45, 7) is 0. The Labute approximate surface area is 149 Å². The van der Waals surface area contributed by atoms with Crippen LogP contribution in [-0.2, 0) is 11.2 Å². The number of carbonyl (C=O) groups is 1. The van der Waals surface area contributed by atoms with E-state index >= 15 is 0 Å². The molecule has 1 heterocycles. The van der Waals surface area contributed by atoms with Crippen LogP contribution in [0.1, 0.15) is 17.0 Å². The summed E-state index contributed by atoms with van der Waals surface area (Å²) in [7, 11) is 0. The maximum Gasteiger partial charge on any atom is 0.225 e. The van der Waals surface area contributed by atoms with E-state index in [-0.39, 0.29) is 5.91 Å². The van der Waals surface area contributed by atoms with Crippen molar-refractivity contribution in [3.8, 4) is 0 Å². The van der Waals surface area contributed by atoms with Crippen LogP contribution >= 0.6 is 35.6 Å². The Bertz CT molecular complexity index is 847. The highest BCUT2D eigenvalue weighted by Crippen LogP contribution is 2.30. The molecule has 0 radical (unpaired) electrons. The molecule has 118 valence electrons.